The Bertz CT molecular complexity index is 1660. The van der Waals surface area contributed by atoms with Gasteiger partial charge in [-0.25, -0.2) is 4.57 Å². The minimum atomic E-state index is 0.398. The van der Waals surface area contributed by atoms with Gasteiger partial charge in [0.2, 0.25) is 0 Å². The average molecular weight is 487 g/mol. The van der Waals surface area contributed by atoms with Crippen LogP contribution in [0, 0.1) is 13.8 Å². The fraction of sp³-hybridized carbons (Fsp3) is 0.294. The third-order valence-corrected chi connectivity index (χ3v) is 8.05. The van der Waals surface area contributed by atoms with Crippen molar-refractivity contribution < 1.29 is 4.57 Å². The fourth-order valence-electron chi connectivity index (χ4n) is 6.20. The molecular weight excluding hydrogens is 450 g/mol. The largest absolute Gasteiger partial charge is 0.295 e. The molecular formula is C34H36N3+. The zero-order valence-corrected chi connectivity index (χ0v) is 23.1. The normalized spacial score (nSPS) is 12.6. The van der Waals surface area contributed by atoms with Crippen molar-refractivity contribution in [3.05, 3.63) is 100 Å². The summed E-state index contributed by atoms with van der Waals surface area (Å²) in [6.45, 7) is 13.6. The van der Waals surface area contributed by atoms with E-state index in [1.54, 1.807) is 0 Å². The van der Waals surface area contributed by atoms with Crippen molar-refractivity contribution in [3.63, 3.8) is 0 Å². The first-order valence-corrected chi connectivity index (χ1v) is 13.5. The van der Waals surface area contributed by atoms with Crippen LogP contribution in [0.1, 0.15) is 73.2 Å². The van der Waals surface area contributed by atoms with Gasteiger partial charge in [-0.2, -0.15) is 4.57 Å². The summed E-state index contributed by atoms with van der Waals surface area (Å²) in [5.41, 5.74) is 15.4. The lowest BCUT2D eigenvalue weighted by Gasteiger charge is -2.19. The maximum Gasteiger partial charge on any atom is 0.295 e. The summed E-state index contributed by atoms with van der Waals surface area (Å²) in [5, 5.41) is 0. The van der Waals surface area contributed by atoms with Crippen molar-refractivity contribution in [2.24, 2.45) is 7.05 Å². The number of aryl methyl sites for hydroxylation is 3. The first-order valence-electron chi connectivity index (χ1n) is 13.5. The second-order valence-corrected chi connectivity index (χ2v) is 11.2. The summed E-state index contributed by atoms with van der Waals surface area (Å²) in [7, 11) is 2.23. The van der Waals surface area contributed by atoms with E-state index in [0.717, 1.165) is 12.1 Å². The number of para-hydroxylation sites is 1. The van der Waals surface area contributed by atoms with Gasteiger partial charge in [-0.05, 0) is 55.0 Å². The van der Waals surface area contributed by atoms with Crippen molar-refractivity contribution in [2.75, 3.05) is 0 Å². The first-order chi connectivity index (χ1) is 17.8. The van der Waals surface area contributed by atoms with Crippen LogP contribution in [0.4, 0.5) is 0 Å². The van der Waals surface area contributed by atoms with E-state index in [9.17, 15) is 0 Å². The molecule has 186 valence electrons. The molecule has 0 spiro atoms. The van der Waals surface area contributed by atoms with Crippen molar-refractivity contribution in [2.45, 2.75) is 59.8 Å². The van der Waals surface area contributed by atoms with Gasteiger partial charge >= 0.3 is 0 Å². The standard InChI is InChI=1S/C34H36N3/c1-20(2)25-13-10-14-26(21(3)4)32(25)37-33-30(36(7)34(37)27-12-9-8-11-22(27)5)18-16-24-19-29-28(31(24)33)17-15-23(6)35-29/h8-18,20-21H,19H2,1-7H3/q+1. The highest BCUT2D eigenvalue weighted by atomic mass is 15.2. The Morgan fingerprint density at radius 3 is 2.16 bits per heavy atom. The Balaban J connectivity index is 1.86. The molecule has 2 heterocycles. The third-order valence-electron chi connectivity index (χ3n) is 8.05. The van der Waals surface area contributed by atoms with Gasteiger partial charge in [-0.1, -0.05) is 76.2 Å². The number of rotatable bonds is 4. The molecule has 1 aliphatic rings. The summed E-state index contributed by atoms with van der Waals surface area (Å²) >= 11 is 0. The van der Waals surface area contributed by atoms with E-state index in [2.05, 4.69) is 124 Å². The van der Waals surface area contributed by atoms with Crippen molar-refractivity contribution in [1.29, 1.82) is 0 Å². The average Bonchev–Trinajstić information content (AvgIpc) is 3.37. The Morgan fingerprint density at radius 1 is 0.784 bits per heavy atom. The van der Waals surface area contributed by atoms with Crippen molar-refractivity contribution >= 4 is 11.0 Å². The molecule has 6 rings (SSSR count). The molecule has 0 fully saturated rings. The first kappa shape index (κ1) is 23.7. The van der Waals surface area contributed by atoms with Crippen LogP contribution in [-0.4, -0.2) is 9.55 Å². The highest BCUT2D eigenvalue weighted by molar-refractivity contribution is 5.96. The summed E-state index contributed by atoms with van der Waals surface area (Å²) in [6, 6.07) is 24.7. The Labute approximate surface area is 220 Å². The number of imidazole rings is 1. The maximum absolute atomic E-state index is 4.95. The number of nitrogens with zero attached hydrogens (tertiary/aromatic N) is 3. The molecule has 0 saturated heterocycles. The Morgan fingerprint density at radius 2 is 1.49 bits per heavy atom. The van der Waals surface area contributed by atoms with Gasteiger partial charge in [-0.15, -0.1) is 0 Å². The van der Waals surface area contributed by atoms with Gasteiger partial charge in [0, 0.05) is 34.4 Å². The van der Waals surface area contributed by atoms with Gasteiger partial charge in [0.25, 0.3) is 5.82 Å². The number of benzene rings is 3. The predicted octanol–water partition coefficient (Wildman–Crippen LogP) is 7.95. The predicted molar refractivity (Wildman–Crippen MR) is 154 cm³/mol. The molecule has 0 aliphatic heterocycles. The van der Waals surface area contributed by atoms with Crippen LogP contribution in [0.2, 0.25) is 0 Å². The molecule has 0 radical (unpaired) electrons. The topological polar surface area (TPSA) is 21.7 Å². The maximum atomic E-state index is 4.95. The molecule has 0 atom stereocenters. The van der Waals surface area contributed by atoms with Crippen LogP contribution >= 0.6 is 0 Å². The zero-order chi connectivity index (χ0) is 26.0. The highest BCUT2D eigenvalue weighted by Gasteiger charge is 2.35. The van der Waals surface area contributed by atoms with E-state index in [4.69, 9.17) is 4.98 Å². The molecule has 0 bridgehead atoms. The minimum absolute atomic E-state index is 0.398. The molecule has 1 aliphatic carbocycles. The van der Waals surface area contributed by atoms with E-state index < -0.39 is 0 Å². The van der Waals surface area contributed by atoms with Gasteiger partial charge in [-0.3, -0.25) is 4.98 Å². The molecule has 0 unspecified atom stereocenters. The number of fused-ring (bicyclic) bond motifs is 5. The van der Waals surface area contributed by atoms with E-state index in [0.29, 0.717) is 11.8 Å². The van der Waals surface area contributed by atoms with Gasteiger partial charge in [0.15, 0.2) is 11.0 Å². The molecule has 3 nitrogen and oxygen atoms in total. The number of pyridine rings is 1. The highest BCUT2D eigenvalue weighted by Crippen LogP contribution is 2.42. The lowest BCUT2D eigenvalue weighted by Crippen LogP contribution is -2.36. The smallest absolute Gasteiger partial charge is 0.257 e. The molecule has 2 aromatic heterocycles. The quantitative estimate of drug-likeness (QED) is 0.232. The lowest BCUT2D eigenvalue weighted by molar-refractivity contribution is -0.556. The second kappa shape index (κ2) is 8.69. The van der Waals surface area contributed by atoms with Crippen LogP contribution in [0.15, 0.2) is 66.7 Å². The minimum Gasteiger partial charge on any atom is -0.257 e. The molecule has 3 heteroatoms. The van der Waals surface area contributed by atoms with Gasteiger partial charge in [0.1, 0.15) is 5.69 Å². The SMILES string of the molecule is Cc1ccc2c(n1)Cc1ccc3c(c1-2)[n+](-c1c(C(C)C)cccc1C(C)C)c(-c1ccccc1C)n3C. The number of hydrogen-bond acceptors (Lipinski definition) is 1. The van der Waals surface area contributed by atoms with E-state index in [1.807, 2.05) is 0 Å². The molecule has 5 aromatic rings. The van der Waals surface area contributed by atoms with Gasteiger partial charge < -0.3 is 0 Å². The summed E-state index contributed by atoms with van der Waals surface area (Å²) < 4.78 is 4.99. The van der Waals surface area contributed by atoms with Gasteiger partial charge in [0.05, 0.1) is 18.3 Å². The van der Waals surface area contributed by atoms with Crippen LogP contribution in [-0.2, 0) is 13.5 Å². The summed E-state index contributed by atoms with van der Waals surface area (Å²) in [4.78, 5) is 4.95. The van der Waals surface area contributed by atoms with Crippen LogP contribution in [0.5, 0.6) is 0 Å². The van der Waals surface area contributed by atoms with Crippen LogP contribution in [0.3, 0.4) is 0 Å². The summed E-state index contributed by atoms with van der Waals surface area (Å²) in [5.74, 6) is 2.02. The summed E-state index contributed by atoms with van der Waals surface area (Å²) in [6.07, 6.45) is 0.889. The number of aromatic nitrogens is 3. The van der Waals surface area contributed by atoms with Crippen molar-refractivity contribution in [3.8, 4) is 28.2 Å². The second-order valence-electron chi connectivity index (χ2n) is 11.2. The van der Waals surface area contributed by atoms with Crippen molar-refractivity contribution in [1.82, 2.24) is 9.55 Å². The lowest BCUT2D eigenvalue weighted by atomic mass is 9.92. The Kier molecular flexibility index (Phi) is 5.56. The molecule has 37 heavy (non-hydrogen) atoms. The molecule has 0 amide bonds. The molecule has 0 saturated carbocycles. The van der Waals surface area contributed by atoms with E-state index >= 15 is 0 Å². The molecule has 3 aromatic carbocycles. The number of hydrogen-bond donors (Lipinski definition) is 0. The fourth-order valence-corrected chi connectivity index (χ4v) is 6.20. The van der Waals surface area contributed by atoms with Crippen LogP contribution < -0.4 is 4.57 Å². The van der Waals surface area contributed by atoms with E-state index in [1.165, 1.54) is 67.2 Å². The monoisotopic (exact) mass is 486 g/mol. The van der Waals surface area contributed by atoms with Crippen LogP contribution in [0.25, 0.3) is 39.2 Å². The zero-order valence-electron chi connectivity index (χ0n) is 23.1. The third kappa shape index (κ3) is 3.55. The Hall–Kier alpha value is -3.72. The molecule has 0 N–H and O–H groups in total. The van der Waals surface area contributed by atoms with E-state index in [-0.39, 0.29) is 0 Å².